The minimum absolute atomic E-state index is 0.0443. The van der Waals surface area contributed by atoms with E-state index in [-0.39, 0.29) is 6.04 Å². The van der Waals surface area contributed by atoms with Crippen molar-refractivity contribution in [3.05, 3.63) is 0 Å². The van der Waals surface area contributed by atoms with Gasteiger partial charge in [-0.3, -0.25) is 0 Å². The molecule has 2 unspecified atom stereocenters. The van der Waals surface area contributed by atoms with Gasteiger partial charge in [-0.25, -0.2) is 4.72 Å². The second-order valence-electron chi connectivity index (χ2n) is 3.79. The van der Waals surface area contributed by atoms with Crippen LogP contribution < -0.4 is 10.5 Å². The van der Waals surface area contributed by atoms with Crippen LogP contribution in [-0.4, -0.2) is 38.4 Å². The quantitative estimate of drug-likeness (QED) is 0.675. The Morgan fingerprint density at radius 1 is 1.57 bits per heavy atom. The minimum Gasteiger partial charge on any atom is -0.326 e. The van der Waals surface area contributed by atoms with Gasteiger partial charge in [0, 0.05) is 25.7 Å². The molecule has 14 heavy (non-hydrogen) atoms. The van der Waals surface area contributed by atoms with Crippen LogP contribution in [-0.2, 0) is 10.2 Å². The summed E-state index contributed by atoms with van der Waals surface area (Å²) >= 11 is 0. The van der Waals surface area contributed by atoms with Crippen molar-refractivity contribution in [3.8, 4) is 0 Å². The predicted octanol–water partition coefficient (Wildman–Crippen LogP) is -0.490. The third-order valence-corrected chi connectivity index (χ3v) is 4.31. The first-order valence-corrected chi connectivity index (χ1v) is 6.41. The van der Waals surface area contributed by atoms with E-state index in [1.807, 2.05) is 0 Å². The van der Waals surface area contributed by atoms with Crippen molar-refractivity contribution in [1.82, 2.24) is 9.03 Å². The molecule has 2 atom stereocenters. The molecule has 0 aromatic carbocycles. The molecular formula is C8H19N3O2S. The van der Waals surface area contributed by atoms with Gasteiger partial charge in [0.15, 0.2) is 0 Å². The Morgan fingerprint density at radius 2 is 2.21 bits per heavy atom. The van der Waals surface area contributed by atoms with Crippen molar-refractivity contribution in [1.29, 1.82) is 0 Å². The van der Waals surface area contributed by atoms with Gasteiger partial charge < -0.3 is 5.73 Å². The van der Waals surface area contributed by atoms with Crippen molar-refractivity contribution < 1.29 is 8.42 Å². The molecule has 1 rings (SSSR count). The number of nitrogens with zero attached hydrogens (tertiary/aromatic N) is 1. The van der Waals surface area contributed by atoms with Gasteiger partial charge in [-0.2, -0.15) is 12.7 Å². The van der Waals surface area contributed by atoms with Crippen molar-refractivity contribution in [2.45, 2.75) is 26.3 Å². The number of hydrogen-bond acceptors (Lipinski definition) is 3. The van der Waals surface area contributed by atoms with E-state index in [4.69, 9.17) is 5.73 Å². The van der Waals surface area contributed by atoms with Gasteiger partial charge in [0.05, 0.1) is 0 Å². The lowest BCUT2D eigenvalue weighted by atomic mass is 9.96. The van der Waals surface area contributed by atoms with Gasteiger partial charge in [-0.1, -0.05) is 13.8 Å². The lowest BCUT2D eigenvalue weighted by Gasteiger charge is -2.33. The molecule has 1 heterocycles. The molecule has 0 bridgehead atoms. The zero-order valence-corrected chi connectivity index (χ0v) is 9.55. The molecule has 0 radical (unpaired) electrons. The first-order chi connectivity index (χ1) is 6.47. The highest BCUT2D eigenvalue weighted by molar-refractivity contribution is 7.87. The summed E-state index contributed by atoms with van der Waals surface area (Å²) in [4.78, 5) is 0. The second-order valence-corrected chi connectivity index (χ2v) is 5.55. The number of nitrogens with two attached hydrogens (primary N) is 1. The summed E-state index contributed by atoms with van der Waals surface area (Å²) in [5.74, 6) is 0.406. The highest BCUT2D eigenvalue weighted by Gasteiger charge is 2.30. The second kappa shape index (κ2) is 4.57. The van der Waals surface area contributed by atoms with Crippen molar-refractivity contribution in [2.24, 2.45) is 11.7 Å². The zero-order valence-electron chi connectivity index (χ0n) is 8.73. The molecule has 84 valence electrons. The molecule has 0 aromatic heterocycles. The lowest BCUT2D eigenvalue weighted by Crippen LogP contribution is -2.52. The Hall–Kier alpha value is -0.170. The molecule has 6 heteroatoms. The van der Waals surface area contributed by atoms with Crippen LogP contribution in [0.25, 0.3) is 0 Å². The van der Waals surface area contributed by atoms with Crippen molar-refractivity contribution >= 4 is 10.2 Å². The van der Waals surface area contributed by atoms with Gasteiger partial charge in [0.1, 0.15) is 0 Å². The summed E-state index contributed by atoms with van der Waals surface area (Å²) < 4.78 is 27.1. The summed E-state index contributed by atoms with van der Waals surface area (Å²) in [5, 5.41) is 0. The fourth-order valence-corrected chi connectivity index (χ4v) is 2.82. The van der Waals surface area contributed by atoms with Crippen LogP contribution in [0.1, 0.15) is 20.3 Å². The van der Waals surface area contributed by atoms with Crippen LogP contribution in [0, 0.1) is 5.92 Å². The van der Waals surface area contributed by atoms with E-state index in [9.17, 15) is 8.42 Å². The number of rotatable bonds is 3. The fraction of sp³-hybridized carbons (Fsp3) is 1.00. The fourth-order valence-electron chi connectivity index (χ4n) is 1.56. The van der Waals surface area contributed by atoms with Gasteiger partial charge in [0.2, 0.25) is 0 Å². The molecule has 0 amide bonds. The highest BCUT2D eigenvalue weighted by atomic mass is 32.2. The third-order valence-electron chi connectivity index (χ3n) is 2.65. The maximum absolute atomic E-state index is 11.6. The van der Waals surface area contributed by atoms with Gasteiger partial charge >= 0.3 is 0 Å². The predicted molar refractivity (Wildman–Crippen MR) is 55.9 cm³/mol. The normalized spacial score (nSPS) is 30.5. The Kier molecular flexibility index (Phi) is 3.88. The molecule has 0 aromatic rings. The van der Waals surface area contributed by atoms with Crippen molar-refractivity contribution in [3.63, 3.8) is 0 Å². The van der Waals surface area contributed by atoms with Gasteiger partial charge in [-0.05, 0) is 12.3 Å². The van der Waals surface area contributed by atoms with E-state index in [0.717, 1.165) is 6.42 Å². The van der Waals surface area contributed by atoms with Crippen LogP contribution in [0.2, 0.25) is 0 Å². The first kappa shape index (κ1) is 11.9. The lowest BCUT2D eigenvalue weighted by molar-refractivity contribution is 0.251. The maximum Gasteiger partial charge on any atom is 0.279 e. The molecule has 1 fully saturated rings. The molecular weight excluding hydrogens is 202 g/mol. The summed E-state index contributed by atoms with van der Waals surface area (Å²) in [7, 11) is -3.29. The molecule has 0 aliphatic carbocycles. The van der Waals surface area contributed by atoms with Crippen molar-refractivity contribution in [2.75, 3.05) is 19.6 Å². The number of hydrogen-bond donors (Lipinski definition) is 2. The van der Waals surface area contributed by atoms with Crippen LogP contribution in [0.15, 0.2) is 0 Å². The summed E-state index contributed by atoms with van der Waals surface area (Å²) in [6.07, 6.45) is 0.839. The summed E-state index contributed by atoms with van der Waals surface area (Å²) in [5.41, 5.74) is 5.83. The standard InChI is InChI=1S/C8H19N3O2S/c1-3-10-14(12,13)11-5-4-7(2)8(9)6-11/h7-8,10H,3-6,9H2,1-2H3. The Morgan fingerprint density at radius 3 is 2.71 bits per heavy atom. The summed E-state index contributed by atoms with van der Waals surface area (Å²) in [6.45, 7) is 5.25. The smallest absolute Gasteiger partial charge is 0.279 e. The van der Waals surface area contributed by atoms with E-state index < -0.39 is 10.2 Å². The monoisotopic (exact) mass is 221 g/mol. The largest absolute Gasteiger partial charge is 0.326 e. The van der Waals surface area contributed by atoms with Crippen LogP contribution in [0.5, 0.6) is 0 Å². The number of nitrogens with one attached hydrogen (secondary N) is 1. The first-order valence-electron chi connectivity index (χ1n) is 4.97. The Bertz CT molecular complexity index is 278. The molecule has 1 saturated heterocycles. The number of piperidine rings is 1. The van der Waals surface area contributed by atoms with E-state index >= 15 is 0 Å². The molecule has 0 saturated carbocycles. The SMILES string of the molecule is CCNS(=O)(=O)N1CCC(C)C(N)C1. The van der Waals surface area contributed by atoms with Crippen LogP contribution in [0.4, 0.5) is 0 Å². The average molecular weight is 221 g/mol. The zero-order chi connectivity index (χ0) is 10.8. The van der Waals surface area contributed by atoms with E-state index in [1.54, 1.807) is 6.92 Å². The average Bonchev–Trinajstić information content (AvgIpc) is 2.09. The molecule has 5 nitrogen and oxygen atoms in total. The summed E-state index contributed by atoms with van der Waals surface area (Å²) in [6, 6.07) is -0.0443. The Balaban J connectivity index is 2.63. The van der Waals surface area contributed by atoms with E-state index in [1.165, 1.54) is 4.31 Å². The topological polar surface area (TPSA) is 75.4 Å². The van der Waals surface area contributed by atoms with Gasteiger partial charge in [-0.15, -0.1) is 0 Å². The van der Waals surface area contributed by atoms with E-state index in [2.05, 4.69) is 11.6 Å². The van der Waals surface area contributed by atoms with Crippen LogP contribution >= 0.6 is 0 Å². The van der Waals surface area contributed by atoms with Gasteiger partial charge in [0.25, 0.3) is 10.2 Å². The maximum atomic E-state index is 11.6. The minimum atomic E-state index is -3.29. The third kappa shape index (κ3) is 2.66. The molecule has 1 aliphatic rings. The highest BCUT2D eigenvalue weighted by Crippen LogP contribution is 2.17. The van der Waals surface area contributed by atoms with Crippen LogP contribution in [0.3, 0.4) is 0 Å². The molecule has 1 aliphatic heterocycles. The van der Waals surface area contributed by atoms with E-state index in [0.29, 0.717) is 25.6 Å². The molecule has 0 spiro atoms. The molecule has 3 N–H and O–H groups in total. The Labute approximate surface area is 85.8 Å².